The highest BCUT2D eigenvalue weighted by Crippen LogP contribution is 2.25. The van der Waals surface area contributed by atoms with E-state index in [0.29, 0.717) is 10.7 Å². The van der Waals surface area contributed by atoms with Crippen LogP contribution in [0.25, 0.3) is 11.3 Å². The lowest BCUT2D eigenvalue weighted by molar-refractivity contribution is -0.123. The van der Waals surface area contributed by atoms with Crippen LogP contribution in [0.1, 0.15) is 22.8 Å². The molecule has 7 heteroatoms. The van der Waals surface area contributed by atoms with Crippen LogP contribution in [-0.4, -0.2) is 28.1 Å². The van der Waals surface area contributed by atoms with Crippen LogP contribution in [0.2, 0.25) is 0 Å². The van der Waals surface area contributed by atoms with E-state index < -0.39 is 18.0 Å². The van der Waals surface area contributed by atoms with Gasteiger partial charge in [-0.25, -0.2) is 9.78 Å². The van der Waals surface area contributed by atoms with Gasteiger partial charge in [0.2, 0.25) is 0 Å². The van der Waals surface area contributed by atoms with Crippen molar-refractivity contribution in [1.82, 2.24) is 4.98 Å². The third kappa shape index (κ3) is 4.32. The van der Waals surface area contributed by atoms with E-state index in [0.717, 1.165) is 11.3 Å². The first kappa shape index (κ1) is 18.6. The molecule has 27 heavy (non-hydrogen) atoms. The Morgan fingerprint density at radius 2 is 1.89 bits per heavy atom. The summed E-state index contributed by atoms with van der Waals surface area (Å²) in [5.41, 5.74) is 2.28. The van der Waals surface area contributed by atoms with Gasteiger partial charge in [-0.3, -0.25) is 10.1 Å². The summed E-state index contributed by atoms with van der Waals surface area (Å²) >= 11 is 1.29. The van der Waals surface area contributed by atoms with Crippen molar-refractivity contribution in [3.8, 4) is 17.0 Å². The number of aromatic hydroxyl groups is 1. The molecular formula is C20H18N2O4S. The first-order valence-corrected chi connectivity index (χ1v) is 9.15. The quantitative estimate of drug-likeness (QED) is 0.651. The van der Waals surface area contributed by atoms with Crippen molar-refractivity contribution in [2.75, 3.05) is 5.32 Å². The number of nitrogens with one attached hydrogen (secondary N) is 1. The average molecular weight is 382 g/mol. The van der Waals surface area contributed by atoms with Crippen LogP contribution in [0.4, 0.5) is 5.13 Å². The molecule has 0 spiro atoms. The third-order valence-corrected chi connectivity index (χ3v) is 4.67. The minimum atomic E-state index is -1.04. The number of aryl methyl sites for hydroxylation is 1. The normalized spacial score (nSPS) is 11.6. The minimum absolute atomic E-state index is 0.0234. The molecule has 0 saturated carbocycles. The second-order valence-electron chi connectivity index (χ2n) is 5.91. The molecular weight excluding hydrogens is 364 g/mol. The van der Waals surface area contributed by atoms with E-state index in [4.69, 9.17) is 4.74 Å². The predicted octanol–water partition coefficient (Wildman–Crippen LogP) is 4.01. The molecule has 6 nitrogen and oxygen atoms in total. The van der Waals surface area contributed by atoms with Crippen LogP contribution in [-0.2, 0) is 9.53 Å². The largest absolute Gasteiger partial charge is 0.507 e. The molecule has 0 radical (unpaired) electrons. The van der Waals surface area contributed by atoms with Crippen molar-refractivity contribution < 1.29 is 19.4 Å². The number of carbonyl (C=O) groups excluding carboxylic acids is 2. The highest BCUT2D eigenvalue weighted by atomic mass is 32.1. The van der Waals surface area contributed by atoms with Gasteiger partial charge in [0.1, 0.15) is 11.3 Å². The van der Waals surface area contributed by atoms with Gasteiger partial charge >= 0.3 is 5.97 Å². The van der Waals surface area contributed by atoms with E-state index in [1.54, 1.807) is 19.1 Å². The number of thiazole rings is 1. The number of benzene rings is 2. The SMILES string of the molecule is Cc1cccc(C(=O)O[C@H](C)C(=O)Nc2nc(-c3ccccc3)cs2)c1O. The van der Waals surface area contributed by atoms with Crippen molar-refractivity contribution in [3.63, 3.8) is 0 Å². The van der Waals surface area contributed by atoms with E-state index in [9.17, 15) is 14.7 Å². The van der Waals surface area contributed by atoms with E-state index in [1.807, 2.05) is 35.7 Å². The number of hydrogen-bond donors (Lipinski definition) is 2. The van der Waals surface area contributed by atoms with Crippen LogP contribution in [0.5, 0.6) is 5.75 Å². The Hall–Kier alpha value is -3.19. The molecule has 0 aliphatic rings. The Kier molecular flexibility index (Phi) is 5.52. The monoisotopic (exact) mass is 382 g/mol. The summed E-state index contributed by atoms with van der Waals surface area (Å²) in [5, 5.41) is 14.9. The summed E-state index contributed by atoms with van der Waals surface area (Å²) in [6.45, 7) is 3.14. The van der Waals surface area contributed by atoms with E-state index in [2.05, 4.69) is 10.3 Å². The summed E-state index contributed by atoms with van der Waals surface area (Å²) < 4.78 is 5.16. The zero-order chi connectivity index (χ0) is 19.4. The first-order valence-electron chi connectivity index (χ1n) is 8.27. The molecule has 0 fully saturated rings. The van der Waals surface area contributed by atoms with Crippen LogP contribution >= 0.6 is 11.3 Å². The Bertz CT molecular complexity index is 969. The molecule has 3 rings (SSSR count). The fraction of sp³-hybridized carbons (Fsp3) is 0.150. The predicted molar refractivity (Wildman–Crippen MR) is 104 cm³/mol. The zero-order valence-corrected chi connectivity index (χ0v) is 15.6. The fourth-order valence-corrected chi connectivity index (χ4v) is 3.10. The van der Waals surface area contributed by atoms with Crippen LogP contribution in [0.15, 0.2) is 53.9 Å². The fourth-order valence-electron chi connectivity index (χ4n) is 2.38. The van der Waals surface area contributed by atoms with Gasteiger partial charge in [0.15, 0.2) is 11.2 Å². The molecule has 2 N–H and O–H groups in total. The van der Waals surface area contributed by atoms with Gasteiger partial charge in [0, 0.05) is 10.9 Å². The Morgan fingerprint density at radius 1 is 1.15 bits per heavy atom. The number of hydrogen-bond acceptors (Lipinski definition) is 6. The maximum Gasteiger partial charge on any atom is 0.342 e. The molecule has 3 aromatic rings. The van der Waals surface area contributed by atoms with Crippen LogP contribution in [0.3, 0.4) is 0 Å². The van der Waals surface area contributed by atoms with Crippen LogP contribution < -0.4 is 5.32 Å². The number of rotatable bonds is 5. The Balaban J connectivity index is 1.63. The minimum Gasteiger partial charge on any atom is -0.507 e. The number of phenolic OH excluding ortho intramolecular Hbond substituents is 1. The summed E-state index contributed by atoms with van der Waals surface area (Å²) in [5.74, 6) is -1.41. The smallest absolute Gasteiger partial charge is 0.342 e. The number of carbonyl (C=O) groups is 2. The zero-order valence-electron chi connectivity index (χ0n) is 14.8. The second-order valence-corrected chi connectivity index (χ2v) is 6.77. The second kappa shape index (κ2) is 8.01. The molecule has 0 bridgehead atoms. The van der Waals surface area contributed by atoms with Gasteiger partial charge in [-0.05, 0) is 25.5 Å². The topological polar surface area (TPSA) is 88.5 Å². The summed E-state index contributed by atoms with van der Waals surface area (Å²) in [6, 6.07) is 14.4. The number of nitrogens with zero attached hydrogens (tertiary/aromatic N) is 1. The maximum absolute atomic E-state index is 12.3. The summed E-state index contributed by atoms with van der Waals surface area (Å²) in [4.78, 5) is 28.9. The number of amides is 1. The molecule has 0 aliphatic heterocycles. The number of aromatic nitrogens is 1. The molecule has 2 aromatic carbocycles. The summed E-state index contributed by atoms with van der Waals surface area (Å²) in [6.07, 6.45) is -1.04. The number of phenols is 1. The number of ether oxygens (including phenoxy) is 1. The number of esters is 1. The van der Waals surface area contributed by atoms with Crippen LogP contribution in [0, 0.1) is 6.92 Å². The molecule has 1 aromatic heterocycles. The average Bonchev–Trinajstić information content (AvgIpc) is 3.13. The van der Waals surface area contributed by atoms with E-state index >= 15 is 0 Å². The third-order valence-electron chi connectivity index (χ3n) is 3.91. The van der Waals surface area contributed by atoms with Gasteiger partial charge in [-0.2, -0.15) is 0 Å². The number of para-hydroxylation sites is 1. The molecule has 0 unspecified atom stereocenters. The van der Waals surface area contributed by atoms with Crippen molar-refractivity contribution in [2.45, 2.75) is 20.0 Å². The van der Waals surface area contributed by atoms with Crippen molar-refractivity contribution in [3.05, 3.63) is 65.0 Å². The molecule has 0 saturated heterocycles. The molecule has 1 heterocycles. The van der Waals surface area contributed by atoms with Gasteiger partial charge < -0.3 is 9.84 Å². The van der Waals surface area contributed by atoms with Crippen molar-refractivity contribution in [1.29, 1.82) is 0 Å². The maximum atomic E-state index is 12.3. The van der Waals surface area contributed by atoms with E-state index in [1.165, 1.54) is 24.3 Å². The van der Waals surface area contributed by atoms with Crippen molar-refractivity contribution in [2.24, 2.45) is 0 Å². The van der Waals surface area contributed by atoms with Gasteiger partial charge in [0.25, 0.3) is 5.91 Å². The highest BCUT2D eigenvalue weighted by Gasteiger charge is 2.22. The van der Waals surface area contributed by atoms with Gasteiger partial charge in [-0.1, -0.05) is 42.5 Å². The number of anilines is 1. The Labute approximate surface area is 160 Å². The van der Waals surface area contributed by atoms with Crippen molar-refractivity contribution >= 4 is 28.3 Å². The molecule has 1 amide bonds. The van der Waals surface area contributed by atoms with Gasteiger partial charge in [0.05, 0.1) is 5.69 Å². The van der Waals surface area contributed by atoms with E-state index in [-0.39, 0.29) is 11.3 Å². The highest BCUT2D eigenvalue weighted by molar-refractivity contribution is 7.14. The lowest BCUT2D eigenvalue weighted by atomic mass is 10.1. The van der Waals surface area contributed by atoms with Gasteiger partial charge in [-0.15, -0.1) is 11.3 Å². The summed E-state index contributed by atoms with van der Waals surface area (Å²) in [7, 11) is 0. The standard InChI is InChI=1S/C20H18N2O4S/c1-12-7-6-10-15(17(12)23)19(25)26-13(2)18(24)22-20-21-16(11-27-20)14-8-4-3-5-9-14/h3-11,13,23H,1-2H3,(H,21,22,24)/t13-/m1/s1. The molecule has 138 valence electrons. The Morgan fingerprint density at radius 3 is 2.63 bits per heavy atom. The lowest BCUT2D eigenvalue weighted by Crippen LogP contribution is -2.30. The first-order chi connectivity index (χ1) is 13.0. The molecule has 0 aliphatic carbocycles. The lowest BCUT2D eigenvalue weighted by Gasteiger charge is -2.13. The molecule has 1 atom stereocenters.